The summed E-state index contributed by atoms with van der Waals surface area (Å²) in [5.74, 6) is 0.397. The third kappa shape index (κ3) is 5.82. The van der Waals surface area contributed by atoms with Crippen molar-refractivity contribution in [2.45, 2.75) is 70.5 Å². The highest BCUT2D eigenvalue weighted by molar-refractivity contribution is 5.61. The smallest absolute Gasteiger partial charge is 0.318 e. The first-order valence-corrected chi connectivity index (χ1v) is 14.9. The molecular formula is C31H39F2N7O. The third-order valence-corrected chi connectivity index (χ3v) is 9.09. The first-order chi connectivity index (χ1) is 19.9. The summed E-state index contributed by atoms with van der Waals surface area (Å²) in [4.78, 5) is 18.6. The van der Waals surface area contributed by atoms with E-state index in [1.165, 1.54) is 18.7 Å². The van der Waals surface area contributed by atoms with Crippen LogP contribution in [-0.4, -0.2) is 78.2 Å². The van der Waals surface area contributed by atoms with Gasteiger partial charge in [-0.1, -0.05) is 0 Å². The van der Waals surface area contributed by atoms with Gasteiger partial charge >= 0.3 is 6.01 Å². The summed E-state index contributed by atoms with van der Waals surface area (Å²) >= 11 is 0. The maximum Gasteiger partial charge on any atom is 0.318 e. The summed E-state index contributed by atoms with van der Waals surface area (Å²) in [6, 6.07) is 6.20. The van der Waals surface area contributed by atoms with E-state index in [4.69, 9.17) is 14.7 Å². The number of hydrogen-bond acceptors (Lipinski definition) is 8. The fraction of sp³-hybridized carbons (Fsp3) is 0.581. The van der Waals surface area contributed by atoms with Crippen LogP contribution in [0.2, 0.25) is 0 Å². The van der Waals surface area contributed by atoms with E-state index in [2.05, 4.69) is 27.8 Å². The van der Waals surface area contributed by atoms with Gasteiger partial charge in [-0.05, 0) is 82.3 Å². The maximum atomic E-state index is 14.6. The molecule has 1 aromatic carbocycles. The number of allylic oxidation sites excluding steroid dienone is 1. The summed E-state index contributed by atoms with van der Waals surface area (Å²) in [5, 5.41) is 9.49. The number of ether oxygens (including phenoxy) is 1. The predicted octanol–water partition coefficient (Wildman–Crippen LogP) is 4.38. The van der Waals surface area contributed by atoms with E-state index < -0.39 is 0 Å². The number of nitriles is 1. The number of piperazine rings is 1. The average Bonchev–Trinajstić information content (AvgIpc) is 3.60. The number of benzene rings is 1. The molecule has 1 aromatic heterocycles. The fourth-order valence-corrected chi connectivity index (χ4v) is 6.96. The highest BCUT2D eigenvalue weighted by Gasteiger charge is 2.32. The van der Waals surface area contributed by atoms with Crippen LogP contribution >= 0.6 is 0 Å². The van der Waals surface area contributed by atoms with Crippen molar-refractivity contribution in [1.82, 2.24) is 19.8 Å². The second-order valence-corrected chi connectivity index (χ2v) is 11.8. The minimum atomic E-state index is -0.266. The van der Waals surface area contributed by atoms with Crippen molar-refractivity contribution in [1.29, 1.82) is 5.26 Å². The Morgan fingerprint density at radius 2 is 1.95 bits per heavy atom. The number of aromatic nitrogens is 2. The van der Waals surface area contributed by atoms with Gasteiger partial charge in [0, 0.05) is 49.7 Å². The van der Waals surface area contributed by atoms with E-state index in [-0.39, 0.29) is 17.7 Å². The van der Waals surface area contributed by atoms with Gasteiger partial charge in [-0.15, -0.1) is 0 Å². The lowest BCUT2D eigenvalue weighted by molar-refractivity contribution is 0.187. The number of aryl methyl sites for hydroxylation is 1. The lowest BCUT2D eigenvalue weighted by atomic mass is 10.0. The van der Waals surface area contributed by atoms with Gasteiger partial charge < -0.3 is 24.3 Å². The zero-order valence-corrected chi connectivity index (χ0v) is 24.1. The van der Waals surface area contributed by atoms with Gasteiger partial charge in [0.15, 0.2) is 0 Å². The molecule has 0 unspecified atom stereocenters. The Bertz CT molecular complexity index is 1350. The van der Waals surface area contributed by atoms with Crippen LogP contribution in [0.5, 0.6) is 6.01 Å². The van der Waals surface area contributed by atoms with Crippen LogP contribution in [0.1, 0.15) is 55.0 Å². The molecule has 0 saturated carbocycles. The molecule has 4 heterocycles. The summed E-state index contributed by atoms with van der Waals surface area (Å²) in [6.07, 6.45) is 7.75. The van der Waals surface area contributed by atoms with Crippen LogP contribution in [-0.2, 0) is 25.8 Å². The molecule has 6 rings (SSSR count). The molecule has 0 N–H and O–H groups in total. The molecule has 3 aliphatic heterocycles. The number of fused-ring (bicyclic) bond motifs is 2. The second kappa shape index (κ2) is 11.8. The number of likely N-dealkylation sites (tertiary alicyclic amines) is 1. The molecule has 2 fully saturated rings. The second-order valence-electron chi connectivity index (χ2n) is 11.8. The van der Waals surface area contributed by atoms with Gasteiger partial charge in [-0.25, -0.2) is 8.78 Å². The Kier molecular flexibility index (Phi) is 7.98. The Labute approximate surface area is 241 Å². The van der Waals surface area contributed by atoms with Crippen LogP contribution < -0.4 is 14.5 Å². The van der Waals surface area contributed by atoms with Crippen LogP contribution in [0, 0.1) is 17.1 Å². The largest absolute Gasteiger partial charge is 0.462 e. The molecule has 0 spiro atoms. The van der Waals surface area contributed by atoms with Crippen molar-refractivity contribution in [2.75, 3.05) is 56.2 Å². The molecule has 2 atom stereocenters. The number of anilines is 2. The number of rotatable bonds is 7. The SMILES string of the molecule is CC(F)=CN1CCN(c2nc(OC[C@H]3CCCN3C)nc3c2CCN(c2cc(F)cc4c2CCC4)C3)C[C@@H]1CC#N. The molecule has 2 aromatic rings. The Balaban J connectivity index is 1.31. The molecule has 8 nitrogen and oxygen atoms in total. The molecule has 218 valence electrons. The highest BCUT2D eigenvalue weighted by atomic mass is 19.1. The molecule has 0 amide bonds. The number of hydrogen-bond donors (Lipinski definition) is 0. The van der Waals surface area contributed by atoms with E-state index in [9.17, 15) is 14.0 Å². The molecule has 41 heavy (non-hydrogen) atoms. The predicted molar refractivity (Wildman–Crippen MR) is 154 cm³/mol. The first-order valence-electron chi connectivity index (χ1n) is 14.9. The van der Waals surface area contributed by atoms with Gasteiger partial charge in [-0.3, -0.25) is 0 Å². The van der Waals surface area contributed by atoms with Gasteiger partial charge in [0.1, 0.15) is 24.1 Å². The van der Waals surface area contributed by atoms with Gasteiger partial charge in [0.2, 0.25) is 0 Å². The monoisotopic (exact) mass is 563 g/mol. The van der Waals surface area contributed by atoms with Gasteiger partial charge in [0.25, 0.3) is 0 Å². The molecule has 2 saturated heterocycles. The molecule has 0 bridgehead atoms. The summed E-state index contributed by atoms with van der Waals surface area (Å²) < 4.78 is 34.6. The lowest BCUT2D eigenvalue weighted by Crippen LogP contribution is -2.51. The summed E-state index contributed by atoms with van der Waals surface area (Å²) in [6.45, 7) is 6.14. The van der Waals surface area contributed by atoms with E-state index >= 15 is 0 Å². The van der Waals surface area contributed by atoms with E-state index in [1.807, 2.05) is 4.90 Å². The van der Waals surface area contributed by atoms with Crippen molar-refractivity contribution in [3.8, 4) is 12.1 Å². The number of likely N-dealkylation sites (N-methyl/N-ethyl adjacent to an activating group) is 1. The minimum absolute atomic E-state index is 0.142. The molecule has 1 aliphatic carbocycles. The van der Waals surface area contributed by atoms with Crippen LogP contribution in [0.4, 0.5) is 20.3 Å². The standard InChI is InChI=1S/C31H39F2N7O/c1-21(32)17-38-13-14-40(18-24(38)8-10-34)30-27-9-12-39(29-16-23(33)15-22-5-3-7-26(22)29)19-28(27)35-31(36-30)41-20-25-6-4-11-37(25)2/h15-17,24-25H,3-9,11-14,18-20H2,1-2H3/t24-,25+/m0/s1. The summed E-state index contributed by atoms with van der Waals surface area (Å²) in [7, 11) is 2.12. The summed E-state index contributed by atoms with van der Waals surface area (Å²) in [5.41, 5.74) is 5.36. The average molecular weight is 564 g/mol. The molecular weight excluding hydrogens is 524 g/mol. The van der Waals surface area contributed by atoms with Crippen LogP contribution in [0.25, 0.3) is 0 Å². The Morgan fingerprint density at radius 3 is 2.73 bits per heavy atom. The number of halogens is 2. The maximum absolute atomic E-state index is 14.6. The van der Waals surface area contributed by atoms with Crippen molar-refractivity contribution >= 4 is 11.5 Å². The van der Waals surface area contributed by atoms with Crippen LogP contribution in [0.15, 0.2) is 24.2 Å². The molecule has 10 heteroatoms. The zero-order valence-electron chi connectivity index (χ0n) is 24.1. The topological polar surface area (TPSA) is 71.8 Å². The number of nitrogens with zero attached hydrogens (tertiary/aromatic N) is 7. The van der Waals surface area contributed by atoms with Gasteiger partial charge in [-0.2, -0.15) is 15.2 Å². The fourth-order valence-electron chi connectivity index (χ4n) is 6.96. The normalized spacial score (nSPS) is 23.0. The highest BCUT2D eigenvalue weighted by Crippen LogP contribution is 2.37. The zero-order chi connectivity index (χ0) is 28.5. The molecule has 0 radical (unpaired) electrons. The lowest BCUT2D eigenvalue weighted by Gasteiger charge is -2.42. The Morgan fingerprint density at radius 1 is 1.07 bits per heavy atom. The van der Waals surface area contributed by atoms with Crippen molar-refractivity contribution in [3.05, 3.63) is 52.4 Å². The molecule has 4 aliphatic rings. The van der Waals surface area contributed by atoms with E-state index in [0.29, 0.717) is 51.3 Å². The van der Waals surface area contributed by atoms with Crippen molar-refractivity contribution in [3.63, 3.8) is 0 Å². The minimum Gasteiger partial charge on any atom is -0.462 e. The van der Waals surface area contributed by atoms with E-state index in [0.717, 1.165) is 79.9 Å². The first kappa shape index (κ1) is 27.7. The van der Waals surface area contributed by atoms with Crippen molar-refractivity contribution < 1.29 is 13.5 Å². The van der Waals surface area contributed by atoms with E-state index in [1.54, 1.807) is 12.1 Å². The quantitative estimate of drug-likeness (QED) is 0.492. The van der Waals surface area contributed by atoms with Gasteiger partial charge in [0.05, 0.1) is 30.8 Å². The Hall–Kier alpha value is -3.45. The third-order valence-electron chi connectivity index (χ3n) is 9.09. The van der Waals surface area contributed by atoms with Crippen LogP contribution in [0.3, 0.4) is 0 Å². The van der Waals surface area contributed by atoms with Crippen molar-refractivity contribution in [2.24, 2.45) is 0 Å².